The first-order valence-electron chi connectivity index (χ1n) is 10.7. The van der Waals surface area contributed by atoms with Crippen LogP contribution in [0.4, 0.5) is 0 Å². The first kappa shape index (κ1) is 20.7. The van der Waals surface area contributed by atoms with Gasteiger partial charge in [0.2, 0.25) is 0 Å². The first-order valence-corrected chi connectivity index (χ1v) is 11.5. The highest BCUT2D eigenvalue weighted by Crippen LogP contribution is 2.25. The molecule has 3 aromatic heterocycles. The lowest BCUT2D eigenvalue weighted by Crippen LogP contribution is -2.49. The number of piperidine rings is 1. The lowest BCUT2D eigenvalue weighted by atomic mass is 9.91. The van der Waals surface area contributed by atoms with Crippen molar-refractivity contribution in [2.75, 3.05) is 13.1 Å². The highest BCUT2D eigenvalue weighted by Gasteiger charge is 2.35. The van der Waals surface area contributed by atoms with Gasteiger partial charge in [-0.05, 0) is 54.1 Å². The van der Waals surface area contributed by atoms with E-state index in [0.29, 0.717) is 37.0 Å². The van der Waals surface area contributed by atoms with Gasteiger partial charge in [-0.3, -0.25) is 14.2 Å². The number of carbonyl (C=O) groups is 1. The average molecular weight is 449 g/mol. The minimum atomic E-state index is -1.04. The van der Waals surface area contributed by atoms with Crippen LogP contribution in [-0.2, 0) is 13.0 Å². The number of aromatic nitrogens is 3. The number of rotatable bonds is 5. The number of amides is 1. The topological polar surface area (TPSA) is 79.8 Å². The van der Waals surface area contributed by atoms with Gasteiger partial charge in [0.05, 0.1) is 12.1 Å². The summed E-state index contributed by atoms with van der Waals surface area (Å²) in [7, 11) is 0. The van der Waals surface area contributed by atoms with Crippen molar-refractivity contribution >= 4 is 22.8 Å². The minimum absolute atomic E-state index is 0.0248. The SMILES string of the molecule is O=C(c1ccc(Cc2cccs2)cc1)N1CCC(O)(Cn2cnn3cccc3c2=O)CC1. The number of fused-ring (bicyclic) bond motifs is 1. The van der Waals surface area contributed by atoms with Crippen LogP contribution in [0.15, 0.2) is 71.2 Å². The molecular weight excluding hydrogens is 424 g/mol. The van der Waals surface area contributed by atoms with E-state index in [1.165, 1.54) is 25.9 Å². The quantitative estimate of drug-likeness (QED) is 0.509. The average Bonchev–Trinajstić information content (AvgIpc) is 3.49. The number of nitrogens with zero attached hydrogens (tertiary/aromatic N) is 4. The Morgan fingerprint density at radius 2 is 1.88 bits per heavy atom. The zero-order valence-corrected chi connectivity index (χ0v) is 18.4. The van der Waals surface area contributed by atoms with Crippen LogP contribution in [0.2, 0.25) is 0 Å². The molecular formula is C24H24N4O3S. The van der Waals surface area contributed by atoms with Gasteiger partial charge in [0, 0.05) is 36.1 Å². The van der Waals surface area contributed by atoms with E-state index in [-0.39, 0.29) is 18.0 Å². The Balaban J connectivity index is 1.22. The largest absolute Gasteiger partial charge is 0.388 e. The fraction of sp³-hybridized carbons (Fsp3) is 0.292. The van der Waals surface area contributed by atoms with Crippen LogP contribution in [0.3, 0.4) is 0 Å². The number of hydrogen-bond acceptors (Lipinski definition) is 5. The summed E-state index contributed by atoms with van der Waals surface area (Å²) in [6.07, 6.45) is 4.87. The van der Waals surface area contributed by atoms with Crippen LogP contribution < -0.4 is 5.56 Å². The third-order valence-electron chi connectivity index (χ3n) is 6.13. The fourth-order valence-electron chi connectivity index (χ4n) is 4.24. The standard InChI is InChI=1S/C24H24N4O3S/c29-22(19-7-5-18(6-8-19)15-20-3-2-14-32-20)26-12-9-24(31,10-13-26)16-27-17-25-28-11-1-4-21(28)23(27)30/h1-8,11,14,17,31H,9-10,12-13,15-16H2. The summed E-state index contributed by atoms with van der Waals surface area (Å²) < 4.78 is 2.98. The second kappa shape index (κ2) is 8.37. The Labute approximate surface area is 189 Å². The Morgan fingerprint density at radius 1 is 1.09 bits per heavy atom. The normalized spacial score (nSPS) is 15.8. The summed E-state index contributed by atoms with van der Waals surface area (Å²) >= 11 is 1.73. The van der Waals surface area contributed by atoms with E-state index in [1.54, 1.807) is 34.6 Å². The molecule has 1 fully saturated rings. The minimum Gasteiger partial charge on any atom is -0.388 e. The fourth-order valence-corrected chi connectivity index (χ4v) is 4.97. The molecule has 164 valence electrons. The maximum Gasteiger partial charge on any atom is 0.277 e. The Bertz CT molecular complexity index is 1280. The predicted molar refractivity (Wildman–Crippen MR) is 123 cm³/mol. The molecule has 1 aromatic carbocycles. The zero-order chi connectivity index (χ0) is 22.1. The summed E-state index contributed by atoms with van der Waals surface area (Å²) in [5, 5.41) is 17.4. The van der Waals surface area contributed by atoms with Gasteiger partial charge in [0.15, 0.2) is 0 Å². The van der Waals surface area contributed by atoms with Gasteiger partial charge in [-0.2, -0.15) is 5.10 Å². The van der Waals surface area contributed by atoms with Gasteiger partial charge in [-0.15, -0.1) is 11.3 Å². The molecule has 1 N–H and O–H groups in total. The third kappa shape index (κ3) is 4.11. The molecule has 5 rings (SSSR count). The van der Waals surface area contributed by atoms with Gasteiger partial charge >= 0.3 is 0 Å². The van der Waals surface area contributed by atoms with Crippen molar-refractivity contribution in [1.82, 2.24) is 19.1 Å². The Kier molecular flexibility index (Phi) is 5.40. The number of benzene rings is 1. The van der Waals surface area contributed by atoms with Crippen LogP contribution in [0.5, 0.6) is 0 Å². The van der Waals surface area contributed by atoms with E-state index in [2.05, 4.69) is 16.5 Å². The van der Waals surface area contributed by atoms with Gasteiger partial charge in [-0.25, -0.2) is 4.52 Å². The van der Waals surface area contributed by atoms with Gasteiger partial charge < -0.3 is 10.0 Å². The summed E-state index contributed by atoms with van der Waals surface area (Å²) in [6, 6.07) is 15.4. The maximum absolute atomic E-state index is 12.9. The number of hydrogen-bond donors (Lipinski definition) is 1. The number of likely N-dealkylation sites (tertiary alicyclic amines) is 1. The van der Waals surface area contributed by atoms with E-state index >= 15 is 0 Å². The van der Waals surface area contributed by atoms with Crippen molar-refractivity contribution in [3.8, 4) is 0 Å². The van der Waals surface area contributed by atoms with Crippen molar-refractivity contribution in [3.05, 3.63) is 92.8 Å². The van der Waals surface area contributed by atoms with Crippen molar-refractivity contribution in [1.29, 1.82) is 0 Å². The van der Waals surface area contributed by atoms with E-state index in [0.717, 1.165) is 6.42 Å². The maximum atomic E-state index is 12.9. The molecule has 0 bridgehead atoms. The summed E-state index contributed by atoms with van der Waals surface area (Å²) in [5.41, 5.74) is 1.09. The van der Waals surface area contributed by atoms with E-state index < -0.39 is 5.60 Å². The molecule has 0 unspecified atom stereocenters. The monoisotopic (exact) mass is 448 g/mol. The molecule has 7 nitrogen and oxygen atoms in total. The number of aliphatic hydroxyl groups is 1. The molecule has 1 aliphatic rings. The van der Waals surface area contributed by atoms with E-state index in [1.807, 2.05) is 30.3 Å². The molecule has 8 heteroatoms. The lowest BCUT2D eigenvalue weighted by molar-refractivity contribution is -0.0300. The molecule has 0 atom stereocenters. The van der Waals surface area contributed by atoms with Crippen molar-refractivity contribution in [2.24, 2.45) is 0 Å². The van der Waals surface area contributed by atoms with Crippen LogP contribution in [0.25, 0.3) is 5.52 Å². The molecule has 1 saturated heterocycles. The van der Waals surface area contributed by atoms with Gasteiger partial charge in [0.25, 0.3) is 11.5 Å². The highest BCUT2D eigenvalue weighted by atomic mass is 32.1. The first-order chi connectivity index (χ1) is 15.5. The Hall–Kier alpha value is -3.23. The van der Waals surface area contributed by atoms with Crippen LogP contribution in [0.1, 0.15) is 33.6 Å². The second-order valence-corrected chi connectivity index (χ2v) is 9.40. The van der Waals surface area contributed by atoms with E-state index in [4.69, 9.17) is 0 Å². The molecule has 1 aliphatic heterocycles. The Morgan fingerprint density at radius 3 is 2.59 bits per heavy atom. The summed E-state index contributed by atoms with van der Waals surface area (Å²) in [4.78, 5) is 28.6. The zero-order valence-electron chi connectivity index (χ0n) is 17.6. The molecule has 0 radical (unpaired) electrons. The molecule has 0 aliphatic carbocycles. The van der Waals surface area contributed by atoms with Gasteiger partial charge in [0.1, 0.15) is 11.8 Å². The molecule has 0 saturated carbocycles. The summed E-state index contributed by atoms with van der Waals surface area (Å²) in [6.45, 7) is 1.06. The molecule has 32 heavy (non-hydrogen) atoms. The summed E-state index contributed by atoms with van der Waals surface area (Å²) in [5.74, 6) is -0.0248. The van der Waals surface area contributed by atoms with Crippen molar-refractivity contribution < 1.29 is 9.90 Å². The number of thiophene rings is 1. The molecule has 4 heterocycles. The molecule has 1 amide bonds. The molecule has 4 aromatic rings. The third-order valence-corrected chi connectivity index (χ3v) is 7.01. The smallest absolute Gasteiger partial charge is 0.277 e. The second-order valence-electron chi connectivity index (χ2n) is 8.37. The van der Waals surface area contributed by atoms with E-state index in [9.17, 15) is 14.7 Å². The van der Waals surface area contributed by atoms with Crippen LogP contribution >= 0.6 is 11.3 Å². The van der Waals surface area contributed by atoms with Crippen molar-refractivity contribution in [2.45, 2.75) is 31.4 Å². The number of carbonyl (C=O) groups excluding carboxylic acids is 1. The lowest BCUT2D eigenvalue weighted by Gasteiger charge is -2.38. The highest BCUT2D eigenvalue weighted by molar-refractivity contribution is 7.09. The molecule has 0 spiro atoms. The van der Waals surface area contributed by atoms with Gasteiger partial charge in [-0.1, -0.05) is 18.2 Å². The predicted octanol–water partition coefficient (Wildman–Crippen LogP) is 2.82. The van der Waals surface area contributed by atoms with Crippen LogP contribution in [0, 0.1) is 0 Å². The van der Waals surface area contributed by atoms with Crippen LogP contribution in [-0.4, -0.2) is 48.8 Å². The van der Waals surface area contributed by atoms with Crippen molar-refractivity contribution in [3.63, 3.8) is 0 Å².